The Bertz CT molecular complexity index is 1010. The van der Waals surface area contributed by atoms with Crippen LogP contribution >= 0.6 is 23.2 Å². The fourth-order valence-corrected chi connectivity index (χ4v) is 4.57. The third-order valence-electron chi connectivity index (χ3n) is 6.22. The van der Waals surface area contributed by atoms with Crippen molar-refractivity contribution in [3.63, 3.8) is 0 Å². The van der Waals surface area contributed by atoms with Crippen LogP contribution in [0.4, 0.5) is 0 Å². The van der Waals surface area contributed by atoms with Gasteiger partial charge in [0.25, 0.3) is 0 Å². The summed E-state index contributed by atoms with van der Waals surface area (Å²) in [5, 5.41) is 9.44. The standard InChI is InChI=1S/C27H34Cl2N2O6/c1-30(26(32)16-20-7-8-23(28)24(29)15-20)25(21-5-3-2-4-6-21)18-31-10-9-22(17-31)37-14-13-35-11-12-36-19-27(33)34/h2-8,15,22,25H,9-14,16-19H2,1H3,(H,33,34)/t22-,25+/m0/s1. The summed E-state index contributed by atoms with van der Waals surface area (Å²) in [6.07, 6.45) is 1.24. The van der Waals surface area contributed by atoms with Crippen LogP contribution in [0.1, 0.15) is 23.6 Å². The van der Waals surface area contributed by atoms with Crippen molar-refractivity contribution >= 4 is 35.1 Å². The summed E-state index contributed by atoms with van der Waals surface area (Å²) in [5.74, 6) is -0.991. The van der Waals surface area contributed by atoms with E-state index in [0.717, 1.165) is 30.6 Å². The molecule has 8 nitrogen and oxygen atoms in total. The lowest BCUT2D eigenvalue weighted by Crippen LogP contribution is -2.39. The topological polar surface area (TPSA) is 88.5 Å². The number of nitrogens with zero attached hydrogens (tertiary/aromatic N) is 2. The van der Waals surface area contributed by atoms with Crippen molar-refractivity contribution in [3.8, 4) is 0 Å². The number of hydrogen-bond acceptors (Lipinski definition) is 6. The van der Waals surface area contributed by atoms with Crippen LogP contribution in [-0.4, -0.2) is 92.6 Å². The zero-order chi connectivity index (χ0) is 26.6. The summed E-state index contributed by atoms with van der Waals surface area (Å²) in [6.45, 7) is 3.49. The monoisotopic (exact) mass is 552 g/mol. The van der Waals surface area contributed by atoms with Crippen molar-refractivity contribution in [1.82, 2.24) is 9.80 Å². The van der Waals surface area contributed by atoms with Gasteiger partial charge in [0, 0.05) is 26.7 Å². The van der Waals surface area contributed by atoms with E-state index in [9.17, 15) is 9.59 Å². The number of likely N-dealkylation sites (N-methyl/N-ethyl adjacent to an activating group) is 1. The molecule has 0 aliphatic carbocycles. The highest BCUT2D eigenvalue weighted by Gasteiger charge is 2.29. The number of rotatable bonds is 15. The predicted molar refractivity (Wildman–Crippen MR) is 142 cm³/mol. The van der Waals surface area contributed by atoms with Crippen LogP contribution in [0.3, 0.4) is 0 Å². The maximum absolute atomic E-state index is 13.2. The van der Waals surface area contributed by atoms with Crippen LogP contribution in [0, 0.1) is 0 Å². The first-order chi connectivity index (χ1) is 17.8. The molecule has 1 saturated heterocycles. The SMILES string of the molecule is CN(C(=O)Cc1ccc(Cl)c(Cl)c1)[C@H](CN1CC[C@H](OCCOCCOCC(=O)O)C1)c1ccccc1. The summed E-state index contributed by atoms with van der Waals surface area (Å²) in [5.41, 5.74) is 1.90. The van der Waals surface area contributed by atoms with Crippen LogP contribution in [0.15, 0.2) is 48.5 Å². The molecule has 3 rings (SSSR count). The summed E-state index contributed by atoms with van der Waals surface area (Å²) in [6, 6.07) is 15.2. The minimum absolute atomic E-state index is 0.00345. The Labute approximate surface area is 228 Å². The highest BCUT2D eigenvalue weighted by atomic mass is 35.5. The van der Waals surface area contributed by atoms with Crippen molar-refractivity contribution in [2.24, 2.45) is 0 Å². The average molecular weight is 553 g/mol. The van der Waals surface area contributed by atoms with Gasteiger partial charge in [-0.15, -0.1) is 0 Å². The Hall–Kier alpha value is -2.20. The van der Waals surface area contributed by atoms with Crippen molar-refractivity contribution in [1.29, 1.82) is 0 Å². The molecule has 1 aliphatic rings. The summed E-state index contributed by atoms with van der Waals surface area (Å²) < 4.78 is 16.3. The molecule has 1 amide bonds. The van der Waals surface area contributed by atoms with Crippen LogP contribution in [0.25, 0.3) is 0 Å². The molecule has 0 bridgehead atoms. The van der Waals surface area contributed by atoms with Crippen LogP contribution in [-0.2, 0) is 30.2 Å². The van der Waals surface area contributed by atoms with Crippen LogP contribution < -0.4 is 0 Å². The number of carboxylic acid groups (broad SMARTS) is 1. The third-order valence-corrected chi connectivity index (χ3v) is 6.96. The van der Waals surface area contributed by atoms with E-state index in [2.05, 4.69) is 17.0 Å². The van der Waals surface area contributed by atoms with E-state index in [4.69, 9.17) is 42.5 Å². The van der Waals surface area contributed by atoms with Gasteiger partial charge in [-0.25, -0.2) is 4.79 Å². The Morgan fingerprint density at radius 3 is 2.51 bits per heavy atom. The Morgan fingerprint density at radius 1 is 1.05 bits per heavy atom. The molecule has 1 aliphatic heterocycles. The number of hydrogen-bond donors (Lipinski definition) is 1. The zero-order valence-electron chi connectivity index (χ0n) is 21.0. The largest absolute Gasteiger partial charge is 0.480 e. The molecular formula is C27H34Cl2N2O6. The summed E-state index contributed by atoms with van der Waals surface area (Å²) >= 11 is 12.2. The van der Waals surface area contributed by atoms with Gasteiger partial charge in [0.2, 0.25) is 5.91 Å². The van der Waals surface area contributed by atoms with Gasteiger partial charge in [0.05, 0.1) is 55.0 Å². The fraction of sp³-hybridized carbons (Fsp3) is 0.481. The minimum Gasteiger partial charge on any atom is -0.480 e. The van der Waals surface area contributed by atoms with E-state index < -0.39 is 5.97 Å². The van der Waals surface area contributed by atoms with Crippen molar-refractivity contribution < 1.29 is 28.9 Å². The highest BCUT2D eigenvalue weighted by molar-refractivity contribution is 6.42. The molecule has 2 aromatic carbocycles. The number of aliphatic carboxylic acids is 1. The van der Waals surface area contributed by atoms with Gasteiger partial charge in [0.15, 0.2) is 0 Å². The molecule has 37 heavy (non-hydrogen) atoms. The molecule has 10 heteroatoms. The van der Waals surface area contributed by atoms with Gasteiger partial charge < -0.3 is 24.2 Å². The number of ether oxygens (including phenoxy) is 3. The van der Waals surface area contributed by atoms with Gasteiger partial charge in [0.1, 0.15) is 6.61 Å². The molecule has 1 N–H and O–H groups in total. The van der Waals surface area contributed by atoms with Gasteiger partial charge in [-0.05, 0) is 29.7 Å². The minimum atomic E-state index is -0.995. The molecule has 2 aromatic rings. The summed E-state index contributed by atoms with van der Waals surface area (Å²) in [7, 11) is 1.85. The van der Waals surface area contributed by atoms with Crippen molar-refractivity contribution in [3.05, 3.63) is 69.7 Å². The van der Waals surface area contributed by atoms with E-state index in [1.165, 1.54) is 0 Å². The van der Waals surface area contributed by atoms with E-state index in [1.54, 1.807) is 12.1 Å². The van der Waals surface area contributed by atoms with Crippen molar-refractivity contribution in [2.75, 3.05) is 59.7 Å². The molecular weight excluding hydrogens is 519 g/mol. The predicted octanol–water partition coefficient (Wildman–Crippen LogP) is 3.94. The number of carbonyl (C=O) groups is 2. The Balaban J connectivity index is 1.48. The lowest BCUT2D eigenvalue weighted by Gasteiger charge is -2.32. The lowest BCUT2D eigenvalue weighted by molar-refractivity contribution is -0.142. The molecule has 0 unspecified atom stereocenters. The smallest absolute Gasteiger partial charge is 0.329 e. The van der Waals surface area contributed by atoms with E-state index in [-0.39, 0.29) is 37.7 Å². The number of halogens is 2. The maximum Gasteiger partial charge on any atom is 0.329 e. The van der Waals surface area contributed by atoms with Crippen LogP contribution in [0.5, 0.6) is 0 Å². The third kappa shape index (κ3) is 9.89. The average Bonchev–Trinajstić information content (AvgIpc) is 3.33. The number of carboxylic acids is 1. The molecule has 1 heterocycles. The molecule has 0 saturated carbocycles. The molecule has 0 spiro atoms. The van der Waals surface area contributed by atoms with E-state index in [0.29, 0.717) is 36.4 Å². The molecule has 0 aromatic heterocycles. The normalized spacial score (nSPS) is 16.6. The van der Waals surface area contributed by atoms with E-state index >= 15 is 0 Å². The Morgan fingerprint density at radius 2 is 1.78 bits per heavy atom. The number of benzene rings is 2. The zero-order valence-corrected chi connectivity index (χ0v) is 22.5. The van der Waals surface area contributed by atoms with Gasteiger partial charge in [-0.3, -0.25) is 9.69 Å². The molecule has 2 atom stereocenters. The first-order valence-corrected chi connectivity index (χ1v) is 13.0. The molecule has 0 radical (unpaired) electrons. The van der Waals surface area contributed by atoms with Gasteiger partial charge in [-0.2, -0.15) is 0 Å². The second kappa shape index (κ2) is 15.3. The number of likely N-dealkylation sites (tertiary alicyclic amines) is 1. The summed E-state index contributed by atoms with van der Waals surface area (Å²) in [4.78, 5) is 27.8. The van der Waals surface area contributed by atoms with Gasteiger partial charge in [-0.1, -0.05) is 59.6 Å². The van der Waals surface area contributed by atoms with Gasteiger partial charge >= 0.3 is 5.97 Å². The number of carbonyl (C=O) groups excluding carboxylic acids is 1. The first-order valence-electron chi connectivity index (χ1n) is 12.3. The molecule has 202 valence electrons. The first kappa shape index (κ1) is 29.4. The van der Waals surface area contributed by atoms with E-state index in [1.807, 2.05) is 36.2 Å². The van der Waals surface area contributed by atoms with Crippen molar-refractivity contribution in [2.45, 2.75) is 25.0 Å². The maximum atomic E-state index is 13.2. The highest BCUT2D eigenvalue weighted by Crippen LogP contribution is 2.26. The Kier molecular flexibility index (Phi) is 12.1. The number of amides is 1. The van der Waals surface area contributed by atoms with Crippen LogP contribution in [0.2, 0.25) is 10.0 Å². The lowest BCUT2D eigenvalue weighted by atomic mass is 10.0. The second-order valence-corrected chi connectivity index (χ2v) is 9.77. The molecule has 1 fully saturated rings. The second-order valence-electron chi connectivity index (χ2n) is 8.96. The quantitative estimate of drug-likeness (QED) is 0.334. The fourth-order valence-electron chi connectivity index (χ4n) is 4.25.